The molecule has 3 aliphatic heterocycles. The van der Waals surface area contributed by atoms with E-state index in [0.717, 1.165) is 49.4 Å². The van der Waals surface area contributed by atoms with Crippen LogP contribution >= 0.6 is 0 Å². The molecule has 5 rings (SSSR count). The molecular weight excluding hydrogens is 310 g/mol. The Morgan fingerprint density at radius 2 is 1.88 bits per heavy atom. The third-order valence-corrected chi connectivity index (χ3v) is 7.12. The van der Waals surface area contributed by atoms with E-state index in [1.165, 1.54) is 62.7 Å². The van der Waals surface area contributed by atoms with E-state index in [-0.39, 0.29) is 0 Å². The van der Waals surface area contributed by atoms with Gasteiger partial charge in [0.25, 0.3) is 0 Å². The van der Waals surface area contributed by atoms with E-state index in [0.29, 0.717) is 0 Å². The summed E-state index contributed by atoms with van der Waals surface area (Å²) in [7, 11) is 2.34. The summed E-state index contributed by atoms with van der Waals surface area (Å²) in [5, 5.41) is 12.8. The van der Waals surface area contributed by atoms with Crippen LogP contribution in [0.4, 0.5) is 5.82 Å². The zero-order valence-corrected chi connectivity index (χ0v) is 15.5. The number of aromatic nitrogens is 2. The van der Waals surface area contributed by atoms with Crippen molar-refractivity contribution in [2.75, 3.05) is 31.6 Å². The lowest BCUT2D eigenvalue weighted by Gasteiger charge is -2.48. The average molecular weight is 342 g/mol. The fourth-order valence-electron chi connectivity index (χ4n) is 5.47. The predicted octanol–water partition coefficient (Wildman–Crippen LogP) is 2.01. The van der Waals surface area contributed by atoms with E-state index in [4.69, 9.17) is 0 Å². The number of anilines is 1. The maximum absolute atomic E-state index is 4.45. The summed E-state index contributed by atoms with van der Waals surface area (Å²) < 4.78 is 0. The molecule has 1 aromatic rings. The number of fused-ring (bicyclic) bond motifs is 3. The summed E-state index contributed by atoms with van der Waals surface area (Å²) in [4.78, 5) is 5.06. The van der Waals surface area contributed by atoms with Crippen molar-refractivity contribution in [3.05, 3.63) is 17.3 Å². The molecule has 1 aliphatic carbocycles. The van der Waals surface area contributed by atoms with Gasteiger partial charge in [-0.2, -0.15) is 5.10 Å². The van der Waals surface area contributed by atoms with E-state index in [1.54, 1.807) is 0 Å². The van der Waals surface area contributed by atoms with Crippen molar-refractivity contribution >= 4 is 5.82 Å². The molecule has 3 fully saturated rings. The van der Waals surface area contributed by atoms with Gasteiger partial charge in [-0.15, -0.1) is 5.10 Å². The maximum atomic E-state index is 4.45. The number of nitrogens with zero attached hydrogens (tertiary/aromatic N) is 4. The summed E-state index contributed by atoms with van der Waals surface area (Å²) in [6.07, 6.45) is 10.5. The molecule has 0 saturated carbocycles. The van der Waals surface area contributed by atoms with Crippen LogP contribution in [0.3, 0.4) is 0 Å². The Labute approximate surface area is 151 Å². The van der Waals surface area contributed by atoms with E-state index >= 15 is 0 Å². The molecule has 4 heterocycles. The minimum Gasteiger partial charge on any atom is -0.354 e. The Morgan fingerprint density at radius 3 is 2.68 bits per heavy atom. The lowest BCUT2D eigenvalue weighted by Crippen LogP contribution is -2.57. The molecule has 0 spiro atoms. The fraction of sp³-hybridized carbons (Fsp3) is 0.800. The number of hydrogen-bond donors (Lipinski definition) is 1. The number of rotatable bonds is 4. The zero-order valence-electron chi connectivity index (χ0n) is 15.5. The molecule has 1 aromatic heterocycles. The molecule has 0 aromatic carbocycles. The third-order valence-electron chi connectivity index (χ3n) is 7.12. The topological polar surface area (TPSA) is 44.3 Å². The van der Waals surface area contributed by atoms with Crippen LogP contribution in [0.15, 0.2) is 6.07 Å². The molecule has 0 radical (unpaired) electrons. The van der Waals surface area contributed by atoms with Gasteiger partial charge in [-0.25, -0.2) is 0 Å². The van der Waals surface area contributed by atoms with Crippen molar-refractivity contribution in [3.63, 3.8) is 0 Å². The lowest BCUT2D eigenvalue weighted by molar-refractivity contribution is 0.0474. The summed E-state index contributed by atoms with van der Waals surface area (Å²) in [5.74, 6) is 1.88. The molecule has 1 N–H and O–H groups in total. The van der Waals surface area contributed by atoms with Crippen molar-refractivity contribution in [2.24, 2.45) is 5.92 Å². The first-order valence-electron chi connectivity index (χ1n) is 10.3. The van der Waals surface area contributed by atoms with Crippen molar-refractivity contribution in [1.29, 1.82) is 0 Å². The van der Waals surface area contributed by atoms with E-state index in [2.05, 4.69) is 38.4 Å². The molecule has 2 bridgehead atoms. The summed E-state index contributed by atoms with van der Waals surface area (Å²) >= 11 is 0. The minimum atomic E-state index is 0.736. The third kappa shape index (κ3) is 3.06. The number of aryl methyl sites for hydroxylation is 2. The predicted molar refractivity (Wildman–Crippen MR) is 100.0 cm³/mol. The maximum Gasteiger partial charge on any atom is 0.151 e. The van der Waals surface area contributed by atoms with Crippen molar-refractivity contribution in [3.8, 4) is 0 Å². The Bertz CT molecular complexity index is 613. The molecule has 3 saturated heterocycles. The second-order valence-corrected chi connectivity index (χ2v) is 8.78. The zero-order chi connectivity index (χ0) is 16.8. The highest BCUT2D eigenvalue weighted by Gasteiger charge is 2.36. The molecule has 136 valence electrons. The highest BCUT2D eigenvalue weighted by Crippen LogP contribution is 2.33. The van der Waals surface area contributed by atoms with Gasteiger partial charge in [0.15, 0.2) is 5.82 Å². The van der Waals surface area contributed by atoms with Gasteiger partial charge in [-0.05, 0) is 63.6 Å². The SMILES string of the molecule is CN1C2CCCC1CC(NCC1CN(c3cc4c(nn3)CCC4)C1)C2. The van der Waals surface area contributed by atoms with Crippen molar-refractivity contribution < 1.29 is 0 Å². The van der Waals surface area contributed by atoms with Gasteiger partial charge in [0.05, 0.1) is 5.69 Å². The molecule has 2 unspecified atom stereocenters. The van der Waals surface area contributed by atoms with E-state index in [9.17, 15) is 0 Å². The van der Waals surface area contributed by atoms with E-state index in [1.807, 2.05) is 0 Å². The summed E-state index contributed by atoms with van der Waals surface area (Å²) in [5.41, 5.74) is 2.67. The second-order valence-electron chi connectivity index (χ2n) is 8.78. The molecule has 5 heteroatoms. The molecular formula is C20H31N5. The fourth-order valence-corrected chi connectivity index (χ4v) is 5.47. The van der Waals surface area contributed by atoms with Gasteiger partial charge >= 0.3 is 0 Å². The molecule has 25 heavy (non-hydrogen) atoms. The second kappa shape index (κ2) is 6.51. The van der Waals surface area contributed by atoms with Crippen LogP contribution in [-0.2, 0) is 12.8 Å². The number of nitrogens with one attached hydrogen (secondary N) is 1. The van der Waals surface area contributed by atoms with Crippen LogP contribution in [0, 0.1) is 5.92 Å². The quantitative estimate of drug-likeness (QED) is 0.907. The first kappa shape index (κ1) is 16.0. The highest BCUT2D eigenvalue weighted by atomic mass is 15.3. The highest BCUT2D eigenvalue weighted by molar-refractivity contribution is 5.45. The van der Waals surface area contributed by atoms with Gasteiger partial charge in [0.1, 0.15) is 0 Å². The van der Waals surface area contributed by atoms with Crippen LogP contribution in [0.25, 0.3) is 0 Å². The minimum absolute atomic E-state index is 0.736. The first-order chi connectivity index (χ1) is 12.3. The lowest BCUT2D eigenvalue weighted by atomic mass is 9.82. The normalized spacial score (nSPS) is 32.5. The van der Waals surface area contributed by atoms with Crippen LogP contribution in [0.2, 0.25) is 0 Å². The van der Waals surface area contributed by atoms with Crippen molar-refractivity contribution in [2.45, 2.75) is 69.5 Å². The number of piperidine rings is 2. The molecule has 4 aliphatic rings. The number of hydrogen-bond acceptors (Lipinski definition) is 5. The van der Waals surface area contributed by atoms with Crippen LogP contribution in [-0.4, -0.2) is 59.9 Å². The molecule has 2 atom stereocenters. The van der Waals surface area contributed by atoms with Gasteiger partial charge < -0.3 is 15.1 Å². The van der Waals surface area contributed by atoms with Crippen LogP contribution in [0.5, 0.6) is 0 Å². The summed E-state index contributed by atoms with van der Waals surface area (Å²) in [6, 6.07) is 4.67. The molecule has 5 nitrogen and oxygen atoms in total. The monoisotopic (exact) mass is 341 g/mol. The van der Waals surface area contributed by atoms with Crippen molar-refractivity contribution in [1.82, 2.24) is 20.4 Å². The average Bonchev–Trinajstić information content (AvgIpc) is 3.01. The van der Waals surface area contributed by atoms with Gasteiger partial charge in [-0.1, -0.05) is 6.42 Å². The van der Waals surface area contributed by atoms with Crippen LogP contribution in [0.1, 0.15) is 49.8 Å². The Kier molecular flexibility index (Phi) is 4.17. The molecule has 0 amide bonds. The first-order valence-corrected chi connectivity index (χ1v) is 10.3. The van der Waals surface area contributed by atoms with E-state index < -0.39 is 0 Å². The summed E-state index contributed by atoms with van der Waals surface area (Å²) in [6.45, 7) is 3.45. The Morgan fingerprint density at radius 1 is 1.08 bits per heavy atom. The largest absolute Gasteiger partial charge is 0.354 e. The standard InChI is InChI=1S/C20H31N5/c1-24-17-5-3-6-18(24)10-16(9-17)21-11-14-12-25(13-14)20-8-15-4-2-7-19(15)22-23-20/h8,14,16-18,21H,2-7,9-13H2,1H3. The Hall–Kier alpha value is -1.20. The Balaban J connectivity index is 1.10. The smallest absolute Gasteiger partial charge is 0.151 e. The van der Waals surface area contributed by atoms with Crippen LogP contribution < -0.4 is 10.2 Å². The van der Waals surface area contributed by atoms with Gasteiger partial charge in [-0.3, -0.25) is 0 Å². The van der Waals surface area contributed by atoms with Gasteiger partial charge in [0.2, 0.25) is 0 Å². The van der Waals surface area contributed by atoms with Gasteiger partial charge in [0, 0.05) is 43.7 Å².